The van der Waals surface area contributed by atoms with E-state index in [1.165, 1.54) is 14.2 Å². The quantitative estimate of drug-likeness (QED) is 0.549. The van der Waals surface area contributed by atoms with Crippen molar-refractivity contribution in [2.24, 2.45) is 0 Å². The van der Waals surface area contributed by atoms with Crippen LogP contribution in [0.5, 0.6) is 17.2 Å². The standard InChI is InChI=1S/C22H21O4PS/c1-24-16-14-19(25-2)21(20(15-16)26-3)22(23)27(28,17-10-6-4-7-11-17)18-12-8-5-9-13-18/h4-15H,1-3H3. The van der Waals surface area contributed by atoms with Gasteiger partial charge in [0.2, 0.25) is 5.52 Å². The molecule has 0 spiro atoms. The van der Waals surface area contributed by atoms with E-state index in [-0.39, 0.29) is 5.52 Å². The zero-order valence-corrected chi connectivity index (χ0v) is 17.6. The maximum Gasteiger partial charge on any atom is 0.209 e. The monoisotopic (exact) mass is 412 g/mol. The van der Waals surface area contributed by atoms with Crippen LogP contribution in [0.15, 0.2) is 72.8 Å². The SMILES string of the molecule is COc1cc(OC)c(C(=O)P(=S)(c2ccccc2)c2ccccc2)c(OC)c1. The molecule has 0 saturated carbocycles. The summed E-state index contributed by atoms with van der Waals surface area (Å²) in [7, 11) is 4.58. The number of carbonyl (C=O) groups is 1. The number of methoxy groups -OCH3 is 3. The average Bonchev–Trinajstić information content (AvgIpc) is 2.78. The average molecular weight is 412 g/mol. The topological polar surface area (TPSA) is 44.8 Å². The Morgan fingerprint density at radius 2 is 1.18 bits per heavy atom. The first kappa shape index (κ1) is 20.1. The Balaban J connectivity index is 2.29. The van der Waals surface area contributed by atoms with Gasteiger partial charge in [-0.05, 0) is 10.6 Å². The molecule has 144 valence electrons. The summed E-state index contributed by atoms with van der Waals surface area (Å²) < 4.78 is 16.3. The van der Waals surface area contributed by atoms with Crippen LogP contribution in [0.4, 0.5) is 0 Å². The van der Waals surface area contributed by atoms with E-state index in [2.05, 4.69) is 0 Å². The van der Waals surface area contributed by atoms with Crippen LogP contribution in [0.2, 0.25) is 0 Å². The molecule has 3 aromatic carbocycles. The van der Waals surface area contributed by atoms with Gasteiger partial charge in [0.25, 0.3) is 0 Å². The molecule has 6 heteroatoms. The predicted octanol–water partition coefficient (Wildman–Crippen LogP) is 3.98. The molecule has 0 fully saturated rings. The molecular formula is C22H21O4PS. The van der Waals surface area contributed by atoms with Gasteiger partial charge in [-0.25, -0.2) is 0 Å². The fourth-order valence-corrected chi connectivity index (χ4v) is 6.52. The number of carbonyl (C=O) groups excluding carboxylic acids is 1. The Morgan fingerprint density at radius 3 is 1.54 bits per heavy atom. The summed E-state index contributed by atoms with van der Waals surface area (Å²) in [6.07, 6.45) is 0. The first-order valence-corrected chi connectivity index (χ1v) is 11.4. The van der Waals surface area contributed by atoms with Gasteiger partial charge in [-0.3, -0.25) is 4.79 Å². The Morgan fingerprint density at radius 1 is 0.750 bits per heavy atom. The molecule has 0 amide bonds. The van der Waals surface area contributed by atoms with E-state index in [0.717, 1.165) is 10.6 Å². The van der Waals surface area contributed by atoms with Crippen LogP contribution in [0.3, 0.4) is 0 Å². The molecule has 0 aliphatic rings. The fraction of sp³-hybridized carbons (Fsp3) is 0.136. The predicted molar refractivity (Wildman–Crippen MR) is 117 cm³/mol. The van der Waals surface area contributed by atoms with Gasteiger partial charge in [0, 0.05) is 12.1 Å². The molecule has 0 heterocycles. The van der Waals surface area contributed by atoms with Crippen molar-refractivity contribution in [3.8, 4) is 17.2 Å². The van der Waals surface area contributed by atoms with Gasteiger partial charge in [0.15, 0.2) is 0 Å². The number of hydrogen-bond donors (Lipinski definition) is 0. The van der Waals surface area contributed by atoms with Crippen molar-refractivity contribution in [2.75, 3.05) is 21.3 Å². The van der Waals surface area contributed by atoms with Crippen LogP contribution in [0.25, 0.3) is 0 Å². The van der Waals surface area contributed by atoms with E-state index in [9.17, 15) is 4.79 Å². The highest BCUT2D eigenvalue weighted by Crippen LogP contribution is 2.51. The summed E-state index contributed by atoms with van der Waals surface area (Å²) in [4.78, 5) is 14.0. The highest BCUT2D eigenvalue weighted by molar-refractivity contribution is 8.30. The van der Waals surface area contributed by atoms with Crippen LogP contribution in [-0.4, -0.2) is 26.9 Å². The second-order valence-electron chi connectivity index (χ2n) is 5.99. The van der Waals surface area contributed by atoms with Gasteiger partial charge >= 0.3 is 0 Å². The van der Waals surface area contributed by atoms with E-state index in [1.807, 2.05) is 60.7 Å². The van der Waals surface area contributed by atoms with Crippen LogP contribution >= 0.6 is 6.04 Å². The summed E-state index contributed by atoms with van der Waals surface area (Å²) in [6.45, 7) is 0. The molecule has 0 N–H and O–H groups in total. The molecule has 0 aliphatic heterocycles. The van der Waals surface area contributed by atoms with Gasteiger partial charge in [-0.2, -0.15) is 0 Å². The molecule has 3 aromatic rings. The minimum absolute atomic E-state index is 0.184. The number of rotatable bonds is 7. The van der Waals surface area contributed by atoms with Crippen LogP contribution in [0.1, 0.15) is 10.4 Å². The third-order valence-electron chi connectivity index (χ3n) is 4.45. The molecule has 4 nitrogen and oxygen atoms in total. The van der Waals surface area contributed by atoms with Crippen molar-refractivity contribution in [1.29, 1.82) is 0 Å². The molecule has 0 aliphatic carbocycles. The maximum absolute atomic E-state index is 14.0. The normalized spacial score (nSPS) is 11.0. The minimum Gasteiger partial charge on any atom is -0.496 e. The van der Waals surface area contributed by atoms with E-state index in [4.69, 9.17) is 26.0 Å². The van der Waals surface area contributed by atoms with Gasteiger partial charge in [-0.15, -0.1) is 0 Å². The number of ether oxygens (including phenoxy) is 3. The fourth-order valence-electron chi connectivity index (χ4n) is 3.03. The Bertz CT molecular complexity index is 951. The van der Waals surface area contributed by atoms with E-state index >= 15 is 0 Å². The van der Waals surface area contributed by atoms with E-state index in [1.54, 1.807) is 19.2 Å². The Kier molecular flexibility index (Phi) is 6.18. The third-order valence-corrected chi connectivity index (χ3v) is 9.06. The molecule has 0 atom stereocenters. The second-order valence-corrected chi connectivity index (χ2v) is 10.3. The zero-order valence-electron chi connectivity index (χ0n) is 15.9. The third kappa shape index (κ3) is 3.56. The molecule has 0 aromatic heterocycles. The Hall–Kier alpha value is -2.62. The summed E-state index contributed by atoms with van der Waals surface area (Å²) in [6, 6.07) is 19.6. The lowest BCUT2D eigenvalue weighted by atomic mass is 10.2. The Labute approximate surface area is 170 Å². The molecule has 0 saturated heterocycles. The molecule has 3 rings (SSSR count). The van der Waals surface area contributed by atoms with Crippen LogP contribution in [0, 0.1) is 0 Å². The molecule has 0 bridgehead atoms. The first-order valence-electron chi connectivity index (χ1n) is 8.62. The van der Waals surface area contributed by atoms with Crippen molar-refractivity contribution in [3.05, 3.63) is 78.4 Å². The minimum atomic E-state index is -2.85. The molecule has 0 unspecified atom stereocenters. The van der Waals surface area contributed by atoms with Gasteiger partial charge in [0.1, 0.15) is 22.8 Å². The largest absolute Gasteiger partial charge is 0.496 e. The van der Waals surface area contributed by atoms with Crippen molar-refractivity contribution in [1.82, 2.24) is 0 Å². The lowest BCUT2D eigenvalue weighted by Gasteiger charge is -2.24. The van der Waals surface area contributed by atoms with Gasteiger partial charge in [-0.1, -0.05) is 72.5 Å². The van der Waals surface area contributed by atoms with Crippen molar-refractivity contribution in [2.45, 2.75) is 0 Å². The van der Waals surface area contributed by atoms with Crippen molar-refractivity contribution >= 4 is 34.0 Å². The van der Waals surface area contributed by atoms with E-state index < -0.39 is 6.04 Å². The maximum atomic E-state index is 14.0. The smallest absolute Gasteiger partial charge is 0.209 e. The summed E-state index contributed by atoms with van der Waals surface area (Å²) >= 11 is 6.14. The molecule has 28 heavy (non-hydrogen) atoms. The van der Waals surface area contributed by atoms with Gasteiger partial charge in [0.05, 0.1) is 27.4 Å². The highest BCUT2D eigenvalue weighted by Gasteiger charge is 2.35. The van der Waals surface area contributed by atoms with Crippen LogP contribution in [-0.2, 0) is 11.8 Å². The van der Waals surface area contributed by atoms with Crippen molar-refractivity contribution in [3.63, 3.8) is 0 Å². The van der Waals surface area contributed by atoms with E-state index in [0.29, 0.717) is 22.8 Å². The zero-order chi connectivity index (χ0) is 20.1. The van der Waals surface area contributed by atoms with Crippen LogP contribution < -0.4 is 24.8 Å². The summed E-state index contributed by atoms with van der Waals surface area (Å²) in [5.74, 6) is 1.29. The molecular weight excluding hydrogens is 391 g/mol. The first-order chi connectivity index (χ1) is 13.6. The summed E-state index contributed by atoms with van der Waals surface area (Å²) in [5, 5.41) is 1.64. The highest BCUT2D eigenvalue weighted by atomic mass is 32.4. The lowest BCUT2D eigenvalue weighted by molar-refractivity contribution is 0.107. The number of benzene rings is 3. The van der Waals surface area contributed by atoms with Gasteiger partial charge < -0.3 is 14.2 Å². The summed E-state index contributed by atoms with van der Waals surface area (Å²) in [5.41, 5.74) is 0.151. The lowest BCUT2D eigenvalue weighted by Crippen LogP contribution is -2.23. The number of hydrogen-bond acceptors (Lipinski definition) is 5. The second kappa shape index (κ2) is 8.59. The molecule has 0 radical (unpaired) electrons. The van der Waals surface area contributed by atoms with Crippen molar-refractivity contribution < 1.29 is 19.0 Å².